The van der Waals surface area contributed by atoms with Crippen LogP contribution in [0.15, 0.2) is 58.2 Å². The Morgan fingerprint density at radius 2 is 2.00 bits per heavy atom. The number of nitrogens with one attached hydrogen (secondary N) is 1. The number of hydrogen-bond donors (Lipinski definition) is 2. The van der Waals surface area contributed by atoms with Crippen LogP contribution in [0.1, 0.15) is 15.9 Å². The molecule has 0 spiro atoms. The first-order valence-electron chi connectivity index (χ1n) is 7.55. The highest BCUT2D eigenvalue weighted by Crippen LogP contribution is 2.27. The molecule has 0 aliphatic rings. The summed E-state index contributed by atoms with van der Waals surface area (Å²) in [6.07, 6.45) is 3.18. The maximum absolute atomic E-state index is 14.0. The summed E-state index contributed by atoms with van der Waals surface area (Å²) in [4.78, 5) is 10.7. The summed E-state index contributed by atoms with van der Waals surface area (Å²) in [7, 11) is -4.25. The summed E-state index contributed by atoms with van der Waals surface area (Å²) >= 11 is 3.27. The molecule has 1 heterocycles. The number of hydrogen-bond acceptors (Lipinski definition) is 4. The standard InChI is InChI=1S/C17H13BrFN3O4S/c1-10-13(19)6-11(17(23)24)7-16(10)27(25,26)21-14-4-2-3-5-15(14)22-9-12(18)8-20-22/h2-9,21H,1H3,(H,23,24). The van der Waals surface area contributed by atoms with E-state index in [1.54, 1.807) is 30.6 Å². The van der Waals surface area contributed by atoms with Gasteiger partial charge in [0.15, 0.2) is 0 Å². The zero-order chi connectivity index (χ0) is 19.8. The van der Waals surface area contributed by atoms with Gasteiger partial charge in [0.25, 0.3) is 10.0 Å². The van der Waals surface area contributed by atoms with Gasteiger partial charge in [-0.2, -0.15) is 5.10 Å². The Kier molecular flexibility index (Phi) is 5.03. The van der Waals surface area contributed by atoms with Crippen molar-refractivity contribution in [2.24, 2.45) is 0 Å². The minimum absolute atomic E-state index is 0.174. The van der Waals surface area contributed by atoms with Crippen LogP contribution in [0.25, 0.3) is 5.69 Å². The Morgan fingerprint density at radius 1 is 1.30 bits per heavy atom. The maximum Gasteiger partial charge on any atom is 0.335 e. The number of carboxylic acid groups (broad SMARTS) is 1. The number of benzene rings is 2. The molecular weight excluding hydrogens is 441 g/mol. The van der Waals surface area contributed by atoms with E-state index < -0.39 is 32.3 Å². The Balaban J connectivity index is 2.08. The van der Waals surface area contributed by atoms with E-state index in [0.29, 0.717) is 10.2 Å². The van der Waals surface area contributed by atoms with Gasteiger partial charge in [0.05, 0.1) is 32.5 Å². The van der Waals surface area contributed by atoms with Gasteiger partial charge in [-0.1, -0.05) is 12.1 Å². The van der Waals surface area contributed by atoms with E-state index in [1.807, 2.05) is 0 Å². The van der Waals surface area contributed by atoms with Crippen LogP contribution in [0.2, 0.25) is 0 Å². The van der Waals surface area contributed by atoms with E-state index in [4.69, 9.17) is 5.11 Å². The fourth-order valence-corrected chi connectivity index (χ4v) is 4.09. The van der Waals surface area contributed by atoms with Crippen molar-refractivity contribution in [3.05, 3.63) is 70.2 Å². The molecule has 27 heavy (non-hydrogen) atoms. The number of carbonyl (C=O) groups is 1. The minimum atomic E-state index is -4.25. The van der Waals surface area contributed by atoms with Crippen LogP contribution in [0.3, 0.4) is 0 Å². The number of nitrogens with zero attached hydrogens (tertiary/aromatic N) is 2. The molecular formula is C17H13BrFN3O4S. The average molecular weight is 454 g/mol. The van der Waals surface area contributed by atoms with Gasteiger partial charge < -0.3 is 5.11 Å². The summed E-state index contributed by atoms with van der Waals surface area (Å²) in [5, 5.41) is 13.2. The van der Waals surface area contributed by atoms with Crippen LogP contribution < -0.4 is 4.72 Å². The van der Waals surface area contributed by atoms with Crippen LogP contribution in [-0.4, -0.2) is 29.3 Å². The van der Waals surface area contributed by atoms with Crippen LogP contribution in [0.4, 0.5) is 10.1 Å². The molecule has 0 aliphatic carbocycles. The average Bonchev–Trinajstić information content (AvgIpc) is 3.03. The Bertz CT molecular complexity index is 1140. The van der Waals surface area contributed by atoms with Crippen LogP contribution in [-0.2, 0) is 10.0 Å². The summed E-state index contributed by atoms with van der Waals surface area (Å²) in [5.41, 5.74) is 0.0162. The van der Waals surface area contributed by atoms with Crippen molar-refractivity contribution in [2.75, 3.05) is 4.72 Å². The number of rotatable bonds is 5. The summed E-state index contributed by atoms with van der Waals surface area (Å²) in [6, 6.07) is 8.22. The van der Waals surface area contributed by atoms with Gasteiger partial charge in [0.2, 0.25) is 0 Å². The number of carboxylic acids is 1. The van der Waals surface area contributed by atoms with Crippen molar-refractivity contribution in [3.8, 4) is 5.69 Å². The lowest BCUT2D eigenvalue weighted by atomic mass is 10.1. The molecule has 3 rings (SSSR count). The van der Waals surface area contributed by atoms with Gasteiger partial charge in [-0.25, -0.2) is 22.3 Å². The van der Waals surface area contributed by atoms with Crippen molar-refractivity contribution in [3.63, 3.8) is 0 Å². The molecule has 0 saturated carbocycles. The topological polar surface area (TPSA) is 101 Å². The molecule has 0 bridgehead atoms. The van der Waals surface area contributed by atoms with Crippen molar-refractivity contribution in [1.82, 2.24) is 9.78 Å². The molecule has 0 saturated heterocycles. The lowest BCUT2D eigenvalue weighted by molar-refractivity contribution is 0.0696. The van der Waals surface area contributed by atoms with Gasteiger partial charge in [0.1, 0.15) is 5.82 Å². The lowest BCUT2D eigenvalue weighted by Crippen LogP contribution is -2.17. The first-order valence-corrected chi connectivity index (χ1v) is 9.82. The van der Waals surface area contributed by atoms with Gasteiger partial charge in [-0.3, -0.25) is 4.72 Å². The van der Waals surface area contributed by atoms with Crippen molar-refractivity contribution in [2.45, 2.75) is 11.8 Å². The number of aromatic carboxylic acids is 1. The molecule has 2 aromatic carbocycles. The minimum Gasteiger partial charge on any atom is -0.478 e. The molecule has 0 unspecified atom stereocenters. The van der Waals surface area contributed by atoms with E-state index in [-0.39, 0.29) is 11.3 Å². The molecule has 0 amide bonds. The molecule has 0 aliphatic heterocycles. The summed E-state index contributed by atoms with van der Waals surface area (Å²) in [6.45, 7) is 1.27. The number of halogens is 2. The smallest absolute Gasteiger partial charge is 0.335 e. The molecule has 3 aromatic rings. The summed E-state index contributed by atoms with van der Waals surface area (Å²) in [5.74, 6) is -2.34. The van der Waals surface area contributed by atoms with E-state index in [1.165, 1.54) is 17.7 Å². The molecule has 0 fully saturated rings. The predicted octanol–water partition coefficient (Wildman–Crippen LogP) is 3.58. The second-order valence-electron chi connectivity index (χ2n) is 5.61. The lowest BCUT2D eigenvalue weighted by Gasteiger charge is -2.14. The van der Waals surface area contributed by atoms with E-state index in [0.717, 1.165) is 12.1 Å². The number of para-hydroxylation sites is 2. The number of sulfonamides is 1. The highest BCUT2D eigenvalue weighted by atomic mass is 79.9. The second-order valence-corrected chi connectivity index (χ2v) is 8.18. The quantitative estimate of drug-likeness (QED) is 0.614. The van der Waals surface area contributed by atoms with Crippen LogP contribution in [0.5, 0.6) is 0 Å². The highest BCUT2D eigenvalue weighted by molar-refractivity contribution is 9.10. The second kappa shape index (κ2) is 7.12. The van der Waals surface area contributed by atoms with Gasteiger partial charge >= 0.3 is 5.97 Å². The zero-order valence-electron chi connectivity index (χ0n) is 13.8. The maximum atomic E-state index is 14.0. The Morgan fingerprint density at radius 3 is 2.63 bits per heavy atom. The Labute approximate surface area is 162 Å². The Hall–Kier alpha value is -2.72. The number of anilines is 1. The van der Waals surface area contributed by atoms with Crippen LogP contribution >= 0.6 is 15.9 Å². The SMILES string of the molecule is Cc1c(F)cc(C(=O)O)cc1S(=O)(=O)Nc1ccccc1-n1cc(Br)cn1. The van der Waals surface area contributed by atoms with Crippen molar-refractivity contribution in [1.29, 1.82) is 0 Å². The monoisotopic (exact) mass is 453 g/mol. The molecule has 2 N–H and O–H groups in total. The highest BCUT2D eigenvalue weighted by Gasteiger charge is 2.23. The first-order chi connectivity index (χ1) is 12.7. The van der Waals surface area contributed by atoms with E-state index in [9.17, 15) is 17.6 Å². The van der Waals surface area contributed by atoms with Gasteiger partial charge in [0, 0.05) is 11.8 Å². The fraction of sp³-hybridized carbons (Fsp3) is 0.0588. The van der Waals surface area contributed by atoms with Crippen molar-refractivity contribution >= 4 is 37.6 Å². The van der Waals surface area contributed by atoms with Crippen LogP contribution in [0, 0.1) is 12.7 Å². The largest absolute Gasteiger partial charge is 0.478 e. The van der Waals surface area contributed by atoms with E-state index >= 15 is 0 Å². The van der Waals surface area contributed by atoms with Crippen molar-refractivity contribution < 1.29 is 22.7 Å². The van der Waals surface area contributed by atoms with Gasteiger partial charge in [-0.05, 0) is 47.1 Å². The third-order valence-electron chi connectivity index (χ3n) is 3.78. The third kappa shape index (κ3) is 3.86. The predicted molar refractivity (Wildman–Crippen MR) is 100 cm³/mol. The normalized spacial score (nSPS) is 11.4. The molecule has 7 nitrogen and oxygen atoms in total. The first kappa shape index (κ1) is 19.1. The van der Waals surface area contributed by atoms with E-state index in [2.05, 4.69) is 25.8 Å². The molecule has 140 valence electrons. The molecule has 0 radical (unpaired) electrons. The third-order valence-corrected chi connectivity index (χ3v) is 5.68. The molecule has 10 heteroatoms. The zero-order valence-corrected chi connectivity index (χ0v) is 16.3. The fourth-order valence-electron chi connectivity index (χ4n) is 2.45. The summed E-state index contributed by atoms with van der Waals surface area (Å²) < 4.78 is 44.2. The molecule has 1 aromatic heterocycles. The van der Waals surface area contributed by atoms with Gasteiger partial charge in [-0.15, -0.1) is 0 Å². The molecule has 0 atom stereocenters. The number of aromatic nitrogens is 2.